The van der Waals surface area contributed by atoms with Crippen molar-refractivity contribution in [1.82, 2.24) is 10.2 Å². The van der Waals surface area contributed by atoms with Crippen molar-refractivity contribution in [2.75, 3.05) is 32.1 Å². The van der Waals surface area contributed by atoms with Gasteiger partial charge in [-0.25, -0.2) is 0 Å². The van der Waals surface area contributed by atoms with Crippen LogP contribution in [0.5, 0.6) is 5.75 Å². The van der Waals surface area contributed by atoms with E-state index in [0.29, 0.717) is 17.8 Å². The molecular weight excluding hydrogens is 418 g/mol. The van der Waals surface area contributed by atoms with Gasteiger partial charge in [-0.1, -0.05) is 18.6 Å². The van der Waals surface area contributed by atoms with E-state index in [4.69, 9.17) is 9.15 Å². The number of amides is 2. The zero-order valence-electron chi connectivity index (χ0n) is 18.8. The third-order valence-corrected chi connectivity index (χ3v) is 5.94. The van der Waals surface area contributed by atoms with Gasteiger partial charge in [-0.15, -0.1) is 0 Å². The summed E-state index contributed by atoms with van der Waals surface area (Å²) in [7, 11) is 1.66. The van der Waals surface area contributed by atoms with Crippen molar-refractivity contribution >= 4 is 17.5 Å². The van der Waals surface area contributed by atoms with Crippen LogP contribution in [0.25, 0.3) is 0 Å². The van der Waals surface area contributed by atoms with Gasteiger partial charge in [-0.05, 0) is 80.0 Å². The average Bonchev–Trinajstić information content (AvgIpc) is 3.41. The topological polar surface area (TPSA) is 83.8 Å². The SMILES string of the molecule is COc1ccc([C@@H](CNC(=O)c2ccc(NC(=O)c3ccco3)cc2)N2CCCCC2)cc1. The van der Waals surface area contributed by atoms with Gasteiger partial charge < -0.3 is 19.8 Å². The molecule has 33 heavy (non-hydrogen) atoms. The molecule has 1 saturated heterocycles. The molecule has 0 bridgehead atoms. The lowest BCUT2D eigenvalue weighted by Gasteiger charge is -2.35. The van der Waals surface area contributed by atoms with Crippen molar-refractivity contribution in [3.05, 3.63) is 83.8 Å². The molecule has 2 amide bonds. The number of ether oxygens (including phenoxy) is 1. The molecule has 1 aliphatic heterocycles. The molecule has 0 radical (unpaired) electrons. The number of nitrogens with zero attached hydrogens (tertiary/aromatic N) is 1. The highest BCUT2D eigenvalue weighted by Crippen LogP contribution is 2.26. The van der Waals surface area contributed by atoms with E-state index in [1.54, 1.807) is 43.5 Å². The number of methoxy groups -OCH3 is 1. The van der Waals surface area contributed by atoms with Crippen LogP contribution in [-0.2, 0) is 0 Å². The second kappa shape index (κ2) is 10.8. The van der Waals surface area contributed by atoms with Crippen molar-refractivity contribution in [2.24, 2.45) is 0 Å². The fourth-order valence-electron chi connectivity index (χ4n) is 4.11. The van der Waals surface area contributed by atoms with Crippen molar-refractivity contribution in [3.63, 3.8) is 0 Å². The van der Waals surface area contributed by atoms with Crippen LogP contribution in [0.3, 0.4) is 0 Å². The Balaban J connectivity index is 1.39. The van der Waals surface area contributed by atoms with E-state index in [1.807, 2.05) is 12.1 Å². The van der Waals surface area contributed by atoms with Gasteiger partial charge in [0.15, 0.2) is 5.76 Å². The van der Waals surface area contributed by atoms with Gasteiger partial charge in [-0.2, -0.15) is 0 Å². The van der Waals surface area contributed by atoms with Crippen molar-refractivity contribution in [1.29, 1.82) is 0 Å². The lowest BCUT2D eigenvalue weighted by molar-refractivity contribution is 0.0924. The first-order valence-electron chi connectivity index (χ1n) is 11.2. The molecule has 1 aromatic heterocycles. The van der Waals surface area contributed by atoms with Gasteiger partial charge >= 0.3 is 0 Å². The summed E-state index contributed by atoms with van der Waals surface area (Å²) < 4.78 is 10.4. The van der Waals surface area contributed by atoms with E-state index in [1.165, 1.54) is 25.5 Å². The van der Waals surface area contributed by atoms with E-state index >= 15 is 0 Å². The number of benzene rings is 2. The summed E-state index contributed by atoms with van der Waals surface area (Å²) in [6.45, 7) is 2.56. The first-order chi connectivity index (χ1) is 16.1. The minimum absolute atomic E-state index is 0.104. The predicted molar refractivity (Wildman–Crippen MR) is 127 cm³/mol. The van der Waals surface area contributed by atoms with Gasteiger partial charge in [0.2, 0.25) is 0 Å². The van der Waals surface area contributed by atoms with E-state index in [9.17, 15) is 9.59 Å². The number of rotatable bonds is 8. The van der Waals surface area contributed by atoms with E-state index in [0.717, 1.165) is 24.4 Å². The summed E-state index contributed by atoms with van der Waals surface area (Å²) in [5.41, 5.74) is 2.30. The number of carbonyl (C=O) groups excluding carboxylic acids is 2. The van der Waals surface area contributed by atoms with E-state index in [-0.39, 0.29) is 23.6 Å². The summed E-state index contributed by atoms with van der Waals surface area (Å²) in [6.07, 6.45) is 5.05. The molecule has 0 saturated carbocycles. The standard InChI is InChI=1S/C26H29N3O4/c1-32-22-13-9-19(10-14-22)23(29-15-3-2-4-16-29)18-27-25(30)20-7-11-21(12-8-20)28-26(31)24-6-5-17-33-24/h5-14,17,23H,2-4,15-16,18H2,1H3,(H,27,30)(H,28,31)/t23-/m1/s1. The van der Waals surface area contributed by atoms with Crippen LogP contribution in [0.1, 0.15) is 51.8 Å². The second-order valence-electron chi connectivity index (χ2n) is 8.10. The van der Waals surface area contributed by atoms with Gasteiger partial charge in [0, 0.05) is 17.8 Å². The number of furan rings is 1. The molecule has 1 atom stereocenters. The number of likely N-dealkylation sites (tertiary alicyclic amines) is 1. The third kappa shape index (κ3) is 5.81. The van der Waals surface area contributed by atoms with Crippen LogP contribution in [0.2, 0.25) is 0 Å². The van der Waals surface area contributed by atoms with Crippen LogP contribution in [0.4, 0.5) is 5.69 Å². The Morgan fingerprint density at radius 1 is 0.970 bits per heavy atom. The maximum Gasteiger partial charge on any atom is 0.291 e. The molecular formula is C26H29N3O4. The lowest BCUT2D eigenvalue weighted by atomic mass is 10.0. The minimum atomic E-state index is -0.332. The van der Waals surface area contributed by atoms with Gasteiger partial charge in [-0.3, -0.25) is 14.5 Å². The maximum atomic E-state index is 12.8. The molecule has 1 fully saturated rings. The molecule has 4 rings (SSSR count). The average molecular weight is 448 g/mol. The quantitative estimate of drug-likeness (QED) is 0.531. The summed E-state index contributed by atoms with van der Waals surface area (Å²) in [4.78, 5) is 27.4. The van der Waals surface area contributed by atoms with Crippen LogP contribution >= 0.6 is 0 Å². The normalized spacial score (nSPS) is 14.9. The molecule has 3 aromatic rings. The highest BCUT2D eigenvalue weighted by Gasteiger charge is 2.23. The molecule has 2 N–H and O–H groups in total. The largest absolute Gasteiger partial charge is 0.497 e. The van der Waals surface area contributed by atoms with Crippen molar-refractivity contribution < 1.29 is 18.7 Å². The number of hydrogen-bond acceptors (Lipinski definition) is 5. The number of carbonyl (C=O) groups is 2. The van der Waals surface area contributed by atoms with Crippen LogP contribution in [0.15, 0.2) is 71.3 Å². The summed E-state index contributed by atoms with van der Waals surface area (Å²) >= 11 is 0. The summed E-state index contributed by atoms with van der Waals surface area (Å²) in [5, 5.41) is 5.85. The lowest BCUT2D eigenvalue weighted by Crippen LogP contribution is -2.40. The Morgan fingerprint density at radius 2 is 1.70 bits per heavy atom. The van der Waals surface area contributed by atoms with Crippen LogP contribution < -0.4 is 15.4 Å². The molecule has 7 heteroatoms. The number of nitrogens with one attached hydrogen (secondary N) is 2. The molecule has 7 nitrogen and oxygen atoms in total. The molecule has 2 aromatic carbocycles. The molecule has 0 unspecified atom stereocenters. The van der Waals surface area contributed by atoms with E-state index in [2.05, 4.69) is 27.7 Å². The first-order valence-corrected chi connectivity index (χ1v) is 11.2. The molecule has 0 spiro atoms. The molecule has 0 aliphatic carbocycles. The van der Waals surface area contributed by atoms with Gasteiger partial charge in [0.25, 0.3) is 11.8 Å². The van der Waals surface area contributed by atoms with E-state index < -0.39 is 0 Å². The third-order valence-electron chi connectivity index (χ3n) is 5.94. The maximum absolute atomic E-state index is 12.8. The summed E-state index contributed by atoms with van der Waals surface area (Å²) in [6, 6.07) is 18.3. The highest BCUT2D eigenvalue weighted by atomic mass is 16.5. The predicted octanol–water partition coefficient (Wildman–Crippen LogP) is 4.50. The molecule has 2 heterocycles. The fourth-order valence-corrected chi connectivity index (χ4v) is 4.11. The Morgan fingerprint density at radius 3 is 2.33 bits per heavy atom. The number of hydrogen-bond donors (Lipinski definition) is 2. The second-order valence-corrected chi connectivity index (χ2v) is 8.10. The van der Waals surface area contributed by atoms with Gasteiger partial charge in [0.05, 0.1) is 19.4 Å². The number of anilines is 1. The monoisotopic (exact) mass is 447 g/mol. The first kappa shape index (κ1) is 22.6. The zero-order chi connectivity index (χ0) is 23.0. The van der Waals surface area contributed by atoms with Crippen molar-refractivity contribution in [2.45, 2.75) is 25.3 Å². The van der Waals surface area contributed by atoms with Crippen LogP contribution in [0, 0.1) is 0 Å². The van der Waals surface area contributed by atoms with Gasteiger partial charge in [0.1, 0.15) is 5.75 Å². The van der Waals surface area contributed by atoms with Crippen molar-refractivity contribution in [3.8, 4) is 5.75 Å². The Kier molecular flexibility index (Phi) is 7.42. The summed E-state index contributed by atoms with van der Waals surface area (Å²) in [5.74, 6) is 0.578. The Bertz CT molecular complexity index is 1040. The highest BCUT2D eigenvalue weighted by molar-refractivity contribution is 6.02. The Hall–Kier alpha value is -3.58. The fraction of sp³-hybridized carbons (Fsp3) is 0.308. The zero-order valence-corrected chi connectivity index (χ0v) is 18.8. The molecule has 1 aliphatic rings. The molecule has 172 valence electrons. The smallest absolute Gasteiger partial charge is 0.291 e. The Labute approximate surface area is 193 Å². The minimum Gasteiger partial charge on any atom is -0.497 e. The van der Waals surface area contributed by atoms with Crippen LogP contribution in [-0.4, -0.2) is 43.5 Å². The number of piperidine rings is 1.